The number of rotatable bonds is 6. The Morgan fingerprint density at radius 2 is 1.96 bits per heavy atom. The number of carbonyl (C=O) groups excluding carboxylic acids is 3. The highest BCUT2D eigenvalue weighted by molar-refractivity contribution is 7.92. The summed E-state index contributed by atoms with van der Waals surface area (Å²) in [5.74, 6) is -1.84. The standard InChI is InChI=1S/C40H55N7O7S/c1-8-46-30-14-13-24-19-27(30)31-32(36(53-7)34-26(35(31)46)11-9-15-42-34)40(4,5)22-54-39(50)28-12-10-16-47(44-28)38(49)29(43-37(48)33(41-6)23(2)3)20-25-21-45(24)17-18-55(25,51)52/h9,11,13-15,19,23,25,28-29,32-33,36,41,44H,8,10,12,16-18,20-22H2,1-7H3,(H,43,48)/t25?,28-,29?,32?,33-,36-/m0/s1. The van der Waals surface area contributed by atoms with Crippen LogP contribution in [-0.2, 0) is 40.2 Å². The summed E-state index contributed by atoms with van der Waals surface area (Å²) in [6.45, 7) is 11.6. The van der Waals surface area contributed by atoms with Gasteiger partial charge in [-0.3, -0.25) is 24.4 Å². The van der Waals surface area contributed by atoms with Crippen molar-refractivity contribution in [1.29, 1.82) is 0 Å². The van der Waals surface area contributed by atoms with Crippen molar-refractivity contribution in [3.05, 3.63) is 47.8 Å². The quantitative estimate of drug-likeness (QED) is 0.315. The molecule has 0 radical (unpaired) electrons. The van der Waals surface area contributed by atoms with Crippen LogP contribution in [0.2, 0.25) is 0 Å². The molecule has 5 heterocycles. The zero-order valence-corrected chi connectivity index (χ0v) is 33.7. The third kappa shape index (κ3) is 7.02. The number of fused-ring (bicyclic) bond motifs is 8. The molecule has 1 aliphatic carbocycles. The molecule has 2 amide bonds. The number of methoxy groups -OCH3 is 1. The molecular formula is C40H55N7O7S. The number of esters is 1. The number of hydrogen-bond acceptors (Lipinski definition) is 11. The van der Waals surface area contributed by atoms with Crippen molar-refractivity contribution in [2.24, 2.45) is 11.3 Å². The first kappa shape index (κ1) is 39.2. The minimum Gasteiger partial charge on any atom is -0.464 e. The number of hydrazine groups is 1. The summed E-state index contributed by atoms with van der Waals surface area (Å²) in [5, 5.41) is 7.35. The van der Waals surface area contributed by atoms with Gasteiger partial charge in [0.2, 0.25) is 5.91 Å². The molecular weight excluding hydrogens is 723 g/mol. The zero-order valence-electron chi connectivity index (χ0n) is 32.9. The molecule has 14 nitrogen and oxygen atoms in total. The summed E-state index contributed by atoms with van der Waals surface area (Å²) in [4.78, 5) is 48.8. The molecule has 55 heavy (non-hydrogen) atoms. The Bertz CT molecular complexity index is 2080. The Morgan fingerprint density at radius 1 is 1.18 bits per heavy atom. The second-order valence-electron chi connectivity index (χ2n) is 16.4. The summed E-state index contributed by atoms with van der Waals surface area (Å²) in [6.07, 6.45) is 2.17. The van der Waals surface area contributed by atoms with E-state index < -0.39 is 62.5 Å². The molecule has 2 fully saturated rings. The first-order chi connectivity index (χ1) is 26.2. The van der Waals surface area contributed by atoms with Gasteiger partial charge in [0.05, 0.1) is 35.0 Å². The second-order valence-corrected chi connectivity index (χ2v) is 18.8. The lowest BCUT2D eigenvalue weighted by Crippen LogP contribution is -2.62. The van der Waals surface area contributed by atoms with E-state index in [-0.39, 0.29) is 50.3 Å². The van der Waals surface area contributed by atoms with Crippen LogP contribution in [0.4, 0.5) is 5.69 Å². The van der Waals surface area contributed by atoms with E-state index in [1.807, 2.05) is 26.0 Å². The summed E-state index contributed by atoms with van der Waals surface area (Å²) in [5.41, 5.74) is 8.26. The van der Waals surface area contributed by atoms with E-state index >= 15 is 0 Å². The number of aromatic nitrogens is 2. The van der Waals surface area contributed by atoms with E-state index in [9.17, 15) is 22.8 Å². The van der Waals surface area contributed by atoms with E-state index in [1.54, 1.807) is 20.4 Å². The molecule has 6 atom stereocenters. The Labute approximate surface area is 323 Å². The monoisotopic (exact) mass is 777 g/mol. The van der Waals surface area contributed by atoms with Gasteiger partial charge in [-0.25, -0.2) is 13.8 Å². The fourth-order valence-corrected chi connectivity index (χ4v) is 11.0. The van der Waals surface area contributed by atoms with Gasteiger partial charge in [0.25, 0.3) is 5.91 Å². The lowest BCUT2D eigenvalue weighted by molar-refractivity contribution is -0.156. The van der Waals surface area contributed by atoms with E-state index in [0.29, 0.717) is 19.4 Å². The molecule has 0 spiro atoms. The van der Waals surface area contributed by atoms with E-state index in [0.717, 1.165) is 39.1 Å². The number of nitrogens with one attached hydrogen (secondary N) is 3. The number of sulfone groups is 1. The van der Waals surface area contributed by atoms with Crippen molar-refractivity contribution in [2.75, 3.05) is 51.1 Å². The Morgan fingerprint density at radius 3 is 2.67 bits per heavy atom. The summed E-state index contributed by atoms with van der Waals surface area (Å²) >= 11 is 0. The van der Waals surface area contributed by atoms with Crippen molar-refractivity contribution in [1.82, 2.24) is 30.6 Å². The first-order valence-electron chi connectivity index (χ1n) is 19.5. The minimum atomic E-state index is -3.65. The predicted octanol–water partition coefficient (Wildman–Crippen LogP) is 3.31. The highest BCUT2D eigenvalue weighted by Gasteiger charge is 2.48. The fourth-order valence-electron chi connectivity index (χ4n) is 9.28. The van der Waals surface area contributed by atoms with Gasteiger partial charge in [-0.05, 0) is 75.0 Å². The van der Waals surface area contributed by atoms with Crippen molar-refractivity contribution in [2.45, 2.75) is 95.8 Å². The van der Waals surface area contributed by atoms with E-state index in [4.69, 9.17) is 14.5 Å². The molecule has 7 rings (SSSR count). The maximum absolute atomic E-state index is 14.4. The molecule has 3 aromatic rings. The Hall–Kier alpha value is -4.05. The second kappa shape index (κ2) is 15.1. The molecule has 1 aromatic carbocycles. The highest BCUT2D eigenvalue weighted by Crippen LogP contribution is 2.57. The third-order valence-electron chi connectivity index (χ3n) is 12.1. The van der Waals surface area contributed by atoms with Crippen LogP contribution in [0.25, 0.3) is 22.2 Å². The Balaban J connectivity index is 1.39. The number of likely N-dealkylation sites (N-methyl/N-ethyl adjacent to an activating group) is 1. The summed E-state index contributed by atoms with van der Waals surface area (Å²) in [6, 6.07) is 7.73. The van der Waals surface area contributed by atoms with Crippen molar-refractivity contribution < 1.29 is 32.3 Å². The molecule has 6 bridgehead atoms. The number of ether oxygens (including phenoxy) is 2. The van der Waals surface area contributed by atoms with Crippen LogP contribution >= 0.6 is 0 Å². The number of anilines is 1. The van der Waals surface area contributed by atoms with Crippen molar-refractivity contribution in [3.63, 3.8) is 0 Å². The third-order valence-corrected chi connectivity index (χ3v) is 14.2. The number of hydrogen-bond donors (Lipinski definition) is 3. The lowest BCUT2D eigenvalue weighted by atomic mass is 9.67. The largest absolute Gasteiger partial charge is 0.464 e. The summed E-state index contributed by atoms with van der Waals surface area (Å²) in [7, 11) is -0.278. The van der Waals surface area contributed by atoms with Gasteiger partial charge < -0.3 is 29.6 Å². The molecule has 2 aromatic heterocycles. The first-order valence-corrected chi connectivity index (χ1v) is 21.2. The van der Waals surface area contributed by atoms with Gasteiger partial charge in [-0.15, -0.1) is 0 Å². The molecule has 0 saturated carbocycles. The maximum Gasteiger partial charge on any atom is 0.324 e. The predicted molar refractivity (Wildman–Crippen MR) is 210 cm³/mol. The van der Waals surface area contributed by atoms with Crippen LogP contribution in [0.1, 0.15) is 77.2 Å². The topological polar surface area (TPSA) is 164 Å². The average Bonchev–Trinajstić information content (AvgIpc) is 3.49. The van der Waals surface area contributed by atoms with Gasteiger partial charge in [0.15, 0.2) is 9.84 Å². The molecule has 3 unspecified atom stereocenters. The number of aryl methyl sites for hydroxylation is 1. The number of cyclic esters (lactones) is 1. The smallest absolute Gasteiger partial charge is 0.324 e. The van der Waals surface area contributed by atoms with Gasteiger partial charge in [0.1, 0.15) is 18.2 Å². The summed E-state index contributed by atoms with van der Waals surface area (Å²) < 4.78 is 42.4. The average molecular weight is 778 g/mol. The molecule has 298 valence electrons. The SMILES string of the molecule is CCn1c2c3c4cc(ccc41)N1CCS(=O)(=O)C(CC(NC(=O)[C@@H](NC)C(C)C)C(=O)N4CCC[C@H](N4)C(=O)OCC(C)(C)C3[C@H](OC)c3ncccc3-2)C1. The lowest BCUT2D eigenvalue weighted by Gasteiger charge is -2.42. The van der Waals surface area contributed by atoms with Gasteiger partial charge in [0, 0.05) is 73.0 Å². The molecule has 3 aliphatic heterocycles. The van der Waals surface area contributed by atoms with E-state index in [1.165, 1.54) is 5.01 Å². The zero-order chi connectivity index (χ0) is 39.4. The van der Waals surface area contributed by atoms with Crippen molar-refractivity contribution >= 4 is 44.2 Å². The van der Waals surface area contributed by atoms with Gasteiger partial charge >= 0.3 is 5.97 Å². The van der Waals surface area contributed by atoms with Gasteiger partial charge in [-0.1, -0.05) is 27.7 Å². The van der Waals surface area contributed by atoms with Crippen LogP contribution in [0, 0.1) is 11.3 Å². The van der Waals surface area contributed by atoms with Crippen LogP contribution in [0.15, 0.2) is 36.5 Å². The van der Waals surface area contributed by atoms with Gasteiger partial charge in [-0.2, -0.15) is 0 Å². The van der Waals surface area contributed by atoms with Crippen LogP contribution in [-0.4, -0.2) is 110 Å². The van der Waals surface area contributed by atoms with Crippen LogP contribution in [0.3, 0.4) is 0 Å². The molecule has 3 N–H and O–H groups in total. The van der Waals surface area contributed by atoms with Crippen LogP contribution < -0.4 is 21.0 Å². The fraction of sp³-hybridized carbons (Fsp3) is 0.600. The minimum absolute atomic E-state index is 0.0769. The maximum atomic E-state index is 14.4. The Kier molecular flexibility index (Phi) is 10.8. The van der Waals surface area contributed by atoms with Crippen LogP contribution in [0.5, 0.6) is 0 Å². The number of carbonyl (C=O) groups is 3. The number of benzene rings is 1. The normalized spacial score (nSPS) is 26.9. The highest BCUT2D eigenvalue weighted by atomic mass is 32.2. The number of amides is 2. The molecule has 2 saturated heterocycles. The number of pyridine rings is 1. The number of nitrogens with zero attached hydrogens (tertiary/aromatic N) is 4. The van der Waals surface area contributed by atoms with Crippen molar-refractivity contribution in [3.8, 4) is 11.3 Å². The molecule has 4 aliphatic rings. The molecule has 15 heteroatoms. The van der Waals surface area contributed by atoms with E-state index in [2.05, 4.69) is 64.5 Å².